The van der Waals surface area contributed by atoms with E-state index >= 15 is 0 Å². The summed E-state index contributed by atoms with van der Waals surface area (Å²) < 4.78 is 10.2. The average Bonchev–Trinajstić information content (AvgIpc) is 2.53. The number of nitro benzene ring substituents is 1. The maximum absolute atomic E-state index is 12.5. The summed E-state index contributed by atoms with van der Waals surface area (Å²) >= 11 is 0. The lowest BCUT2D eigenvalue weighted by Crippen LogP contribution is -2.07. The number of fused-ring (bicyclic) bond motifs is 2. The summed E-state index contributed by atoms with van der Waals surface area (Å²) in [5.74, 6) is -0.630. The van der Waals surface area contributed by atoms with Gasteiger partial charge in [0.15, 0.2) is 5.58 Å². The van der Waals surface area contributed by atoms with E-state index in [2.05, 4.69) is 4.74 Å². The van der Waals surface area contributed by atoms with Crippen molar-refractivity contribution in [2.45, 2.75) is 0 Å². The van der Waals surface area contributed by atoms with Crippen molar-refractivity contribution >= 4 is 33.6 Å². The highest BCUT2D eigenvalue weighted by molar-refractivity contribution is 6.04. The van der Waals surface area contributed by atoms with Gasteiger partial charge >= 0.3 is 5.97 Å². The summed E-state index contributed by atoms with van der Waals surface area (Å²) in [6, 6.07) is 8.22. The predicted molar refractivity (Wildman–Crippen MR) is 78.0 cm³/mol. The molecule has 2 aromatic carbocycles. The molecular weight excluding hydrogens is 290 g/mol. The molecule has 7 nitrogen and oxygen atoms in total. The number of para-hydroxylation sites is 1. The molecule has 22 heavy (non-hydrogen) atoms. The maximum atomic E-state index is 12.5. The molecule has 0 saturated heterocycles. The van der Waals surface area contributed by atoms with Gasteiger partial charge in [-0.2, -0.15) is 0 Å². The fraction of sp³-hybridized carbons (Fsp3) is 0.0667. The van der Waals surface area contributed by atoms with E-state index < -0.39 is 16.3 Å². The molecule has 1 aromatic heterocycles. The zero-order valence-corrected chi connectivity index (χ0v) is 11.4. The molecule has 1 heterocycles. The van der Waals surface area contributed by atoms with Crippen LogP contribution in [0.1, 0.15) is 10.4 Å². The van der Waals surface area contributed by atoms with Gasteiger partial charge in [0.05, 0.1) is 22.8 Å². The third-order valence-electron chi connectivity index (χ3n) is 3.30. The molecule has 0 spiro atoms. The lowest BCUT2D eigenvalue weighted by molar-refractivity contribution is -0.384. The third kappa shape index (κ3) is 1.99. The second-order valence-corrected chi connectivity index (χ2v) is 4.54. The first kappa shape index (κ1) is 13.7. The largest absolute Gasteiger partial charge is 0.465 e. The average molecular weight is 299 g/mol. The smallest absolute Gasteiger partial charge is 0.341 e. The van der Waals surface area contributed by atoms with E-state index in [0.717, 1.165) is 6.07 Å². The van der Waals surface area contributed by atoms with Crippen molar-refractivity contribution in [1.29, 1.82) is 0 Å². The van der Waals surface area contributed by atoms with Crippen molar-refractivity contribution in [3.63, 3.8) is 0 Å². The van der Waals surface area contributed by atoms with Gasteiger partial charge in [-0.25, -0.2) is 4.79 Å². The number of methoxy groups -OCH3 is 1. The van der Waals surface area contributed by atoms with E-state index in [1.807, 2.05) is 0 Å². The van der Waals surface area contributed by atoms with Crippen LogP contribution >= 0.6 is 0 Å². The number of esters is 1. The Morgan fingerprint density at radius 2 is 2.00 bits per heavy atom. The number of benzene rings is 2. The van der Waals surface area contributed by atoms with Crippen molar-refractivity contribution < 1.29 is 18.9 Å². The molecule has 0 N–H and O–H groups in total. The second-order valence-electron chi connectivity index (χ2n) is 4.54. The Bertz CT molecular complexity index is 988. The summed E-state index contributed by atoms with van der Waals surface area (Å²) in [5.41, 5.74) is -0.258. The van der Waals surface area contributed by atoms with Crippen molar-refractivity contribution in [2.75, 3.05) is 7.11 Å². The molecule has 0 atom stereocenters. The fourth-order valence-electron chi connectivity index (χ4n) is 2.25. The van der Waals surface area contributed by atoms with E-state index in [-0.39, 0.29) is 33.2 Å². The Hall–Kier alpha value is -3.22. The highest BCUT2D eigenvalue weighted by atomic mass is 16.6. The summed E-state index contributed by atoms with van der Waals surface area (Å²) in [5, 5.41) is 11.1. The van der Waals surface area contributed by atoms with Gasteiger partial charge < -0.3 is 9.15 Å². The maximum Gasteiger partial charge on any atom is 0.341 e. The quantitative estimate of drug-likeness (QED) is 0.312. The van der Waals surface area contributed by atoms with E-state index in [0.29, 0.717) is 0 Å². The molecule has 0 saturated carbocycles. The molecule has 7 heteroatoms. The van der Waals surface area contributed by atoms with Crippen molar-refractivity contribution in [2.24, 2.45) is 0 Å². The number of nitro groups is 1. The Kier molecular flexibility index (Phi) is 3.10. The molecule has 0 bridgehead atoms. The number of carbonyl (C=O) groups is 1. The van der Waals surface area contributed by atoms with Gasteiger partial charge in [-0.05, 0) is 18.2 Å². The van der Waals surface area contributed by atoms with Crippen LogP contribution in [-0.4, -0.2) is 18.0 Å². The number of nitrogens with zero attached hydrogens (tertiary/aromatic N) is 1. The minimum absolute atomic E-state index is 0.0868. The minimum Gasteiger partial charge on any atom is -0.465 e. The van der Waals surface area contributed by atoms with Gasteiger partial charge in [-0.3, -0.25) is 14.9 Å². The van der Waals surface area contributed by atoms with Crippen LogP contribution in [0.3, 0.4) is 0 Å². The summed E-state index contributed by atoms with van der Waals surface area (Å²) in [7, 11) is 1.23. The second kappa shape index (κ2) is 4.96. The van der Waals surface area contributed by atoms with Crippen LogP contribution in [0.2, 0.25) is 0 Å². The summed E-state index contributed by atoms with van der Waals surface area (Å²) in [4.78, 5) is 34.5. The fourth-order valence-corrected chi connectivity index (χ4v) is 2.25. The molecular formula is C15H9NO6. The Morgan fingerprint density at radius 1 is 1.23 bits per heavy atom. The minimum atomic E-state index is -0.630. The molecule has 3 rings (SSSR count). The Balaban J connectivity index is 2.44. The van der Waals surface area contributed by atoms with Gasteiger partial charge in [0.1, 0.15) is 11.1 Å². The van der Waals surface area contributed by atoms with Crippen LogP contribution in [-0.2, 0) is 4.74 Å². The Morgan fingerprint density at radius 3 is 2.68 bits per heavy atom. The first-order valence-electron chi connectivity index (χ1n) is 6.25. The molecule has 0 fully saturated rings. The molecule has 0 radical (unpaired) electrons. The van der Waals surface area contributed by atoms with Gasteiger partial charge in [0.2, 0.25) is 5.43 Å². The number of non-ortho nitro benzene ring substituents is 1. The molecule has 0 unspecified atom stereocenters. The number of rotatable bonds is 2. The summed E-state index contributed by atoms with van der Waals surface area (Å²) in [6.07, 6.45) is 0. The van der Waals surface area contributed by atoms with Gasteiger partial charge in [0, 0.05) is 12.1 Å². The van der Waals surface area contributed by atoms with Crippen molar-refractivity contribution in [1.82, 2.24) is 0 Å². The highest BCUT2D eigenvalue weighted by Gasteiger charge is 2.17. The highest BCUT2D eigenvalue weighted by Crippen LogP contribution is 2.25. The van der Waals surface area contributed by atoms with E-state index in [1.165, 1.54) is 37.4 Å². The number of ether oxygens (including phenoxy) is 1. The lowest BCUT2D eigenvalue weighted by atomic mass is 10.1. The van der Waals surface area contributed by atoms with Gasteiger partial charge in [0.25, 0.3) is 5.69 Å². The van der Waals surface area contributed by atoms with Crippen molar-refractivity contribution in [3.05, 3.63) is 62.3 Å². The SMILES string of the molecule is COC(=O)c1cccc2c(=O)c3cc([N+](=O)[O-])ccc3oc12. The zero-order valence-electron chi connectivity index (χ0n) is 11.4. The molecule has 110 valence electrons. The topological polar surface area (TPSA) is 99.7 Å². The van der Waals surface area contributed by atoms with Crippen LogP contribution in [0, 0.1) is 10.1 Å². The predicted octanol–water partition coefficient (Wildman–Crippen LogP) is 2.64. The lowest BCUT2D eigenvalue weighted by Gasteiger charge is -2.05. The van der Waals surface area contributed by atoms with Crippen LogP contribution < -0.4 is 5.43 Å². The molecule has 0 aliphatic carbocycles. The van der Waals surface area contributed by atoms with Crippen LogP contribution in [0.4, 0.5) is 5.69 Å². The van der Waals surface area contributed by atoms with E-state index in [4.69, 9.17) is 4.42 Å². The van der Waals surface area contributed by atoms with Crippen LogP contribution in [0.25, 0.3) is 21.9 Å². The van der Waals surface area contributed by atoms with Gasteiger partial charge in [-0.15, -0.1) is 0 Å². The van der Waals surface area contributed by atoms with Gasteiger partial charge in [-0.1, -0.05) is 6.07 Å². The molecule has 0 aliphatic heterocycles. The van der Waals surface area contributed by atoms with E-state index in [1.54, 1.807) is 0 Å². The zero-order chi connectivity index (χ0) is 15.9. The van der Waals surface area contributed by atoms with E-state index in [9.17, 15) is 19.7 Å². The van der Waals surface area contributed by atoms with Crippen LogP contribution in [0.5, 0.6) is 0 Å². The monoisotopic (exact) mass is 299 g/mol. The number of carbonyl (C=O) groups excluding carboxylic acids is 1. The van der Waals surface area contributed by atoms with Crippen LogP contribution in [0.15, 0.2) is 45.6 Å². The third-order valence-corrected chi connectivity index (χ3v) is 3.30. The Labute approximate surface area is 122 Å². The first-order valence-corrected chi connectivity index (χ1v) is 6.25. The molecule has 0 aliphatic rings. The van der Waals surface area contributed by atoms with Crippen molar-refractivity contribution in [3.8, 4) is 0 Å². The summed E-state index contributed by atoms with van der Waals surface area (Å²) in [6.45, 7) is 0. The molecule has 0 amide bonds. The molecule has 3 aromatic rings. The first-order chi connectivity index (χ1) is 10.5. The normalized spacial score (nSPS) is 10.8. The number of hydrogen-bond donors (Lipinski definition) is 0. The standard InChI is InChI=1S/C15H9NO6/c1-21-15(18)10-4-2-3-9-13(17)11-7-8(16(19)20)5-6-12(11)22-14(9)10/h2-7H,1H3. The number of hydrogen-bond acceptors (Lipinski definition) is 6.